The van der Waals surface area contributed by atoms with Crippen molar-refractivity contribution < 1.29 is 4.74 Å². The molecule has 0 aromatic heterocycles. The fourth-order valence-corrected chi connectivity index (χ4v) is 2.53. The van der Waals surface area contributed by atoms with Crippen LogP contribution in [0.25, 0.3) is 0 Å². The lowest BCUT2D eigenvalue weighted by molar-refractivity contribution is 0.206. The molecule has 1 fully saturated rings. The molecule has 1 aromatic rings. The predicted octanol–water partition coefficient (Wildman–Crippen LogP) is 4.27. The highest BCUT2D eigenvalue weighted by Gasteiger charge is 2.21. The van der Waals surface area contributed by atoms with Crippen LogP contribution in [0.15, 0.2) is 22.7 Å². The fourth-order valence-electron chi connectivity index (χ4n) is 2.03. The average molecular weight is 312 g/mol. The number of para-hydroxylation sites is 1. The number of nitrogens with one attached hydrogen (secondary N) is 1. The quantitative estimate of drug-likeness (QED) is 0.812. The SMILES string of the molecule is CCCC(C)Oc1c(Br)cccc1CNC1CC1. The van der Waals surface area contributed by atoms with Gasteiger partial charge in [-0.1, -0.05) is 25.5 Å². The second-order valence-electron chi connectivity index (χ2n) is 5.10. The first-order valence-electron chi connectivity index (χ1n) is 6.88. The Hall–Kier alpha value is -0.540. The van der Waals surface area contributed by atoms with Gasteiger partial charge in [-0.3, -0.25) is 0 Å². The van der Waals surface area contributed by atoms with Crippen LogP contribution in [-0.4, -0.2) is 12.1 Å². The third kappa shape index (κ3) is 3.99. The van der Waals surface area contributed by atoms with Crippen molar-refractivity contribution in [3.05, 3.63) is 28.2 Å². The highest BCUT2D eigenvalue weighted by molar-refractivity contribution is 9.10. The van der Waals surface area contributed by atoms with Gasteiger partial charge in [0.25, 0.3) is 0 Å². The molecule has 100 valence electrons. The molecule has 0 bridgehead atoms. The van der Waals surface area contributed by atoms with E-state index in [0.29, 0.717) is 0 Å². The zero-order valence-electron chi connectivity index (χ0n) is 11.2. The summed E-state index contributed by atoms with van der Waals surface area (Å²) in [5, 5.41) is 3.54. The first-order valence-corrected chi connectivity index (χ1v) is 7.67. The molecule has 18 heavy (non-hydrogen) atoms. The third-order valence-corrected chi connectivity index (χ3v) is 3.85. The summed E-state index contributed by atoms with van der Waals surface area (Å²) in [6.07, 6.45) is 5.15. The average Bonchev–Trinajstić information content (AvgIpc) is 3.14. The maximum atomic E-state index is 6.08. The van der Waals surface area contributed by atoms with E-state index in [1.54, 1.807) is 0 Å². The van der Waals surface area contributed by atoms with Crippen molar-refractivity contribution in [2.75, 3.05) is 0 Å². The first-order chi connectivity index (χ1) is 8.70. The third-order valence-electron chi connectivity index (χ3n) is 3.22. The standard InChI is InChI=1S/C15H22BrNO/c1-3-5-11(2)18-15-12(6-4-7-14(15)16)10-17-13-8-9-13/h4,6-7,11,13,17H,3,5,8-10H2,1-2H3. The van der Waals surface area contributed by atoms with Crippen LogP contribution < -0.4 is 10.1 Å². The van der Waals surface area contributed by atoms with Crippen molar-refractivity contribution >= 4 is 15.9 Å². The Balaban J connectivity index is 2.04. The predicted molar refractivity (Wildman–Crippen MR) is 79.0 cm³/mol. The Morgan fingerprint density at radius 3 is 2.89 bits per heavy atom. The van der Waals surface area contributed by atoms with Gasteiger partial charge in [-0.15, -0.1) is 0 Å². The van der Waals surface area contributed by atoms with Crippen molar-refractivity contribution in [3.8, 4) is 5.75 Å². The minimum atomic E-state index is 0.272. The summed E-state index contributed by atoms with van der Waals surface area (Å²) in [7, 11) is 0. The lowest BCUT2D eigenvalue weighted by atomic mass is 10.2. The van der Waals surface area contributed by atoms with Gasteiger partial charge in [0.1, 0.15) is 5.75 Å². The minimum Gasteiger partial charge on any atom is -0.489 e. The molecule has 1 saturated carbocycles. The van der Waals surface area contributed by atoms with Crippen LogP contribution in [0.1, 0.15) is 45.1 Å². The molecule has 1 unspecified atom stereocenters. The van der Waals surface area contributed by atoms with Gasteiger partial charge in [0, 0.05) is 18.2 Å². The molecule has 2 nitrogen and oxygen atoms in total. The summed E-state index contributed by atoms with van der Waals surface area (Å²) in [6, 6.07) is 7.00. The molecule has 3 heteroatoms. The summed E-state index contributed by atoms with van der Waals surface area (Å²) < 4.78 is 7.14. The zero-order valence-corrected chi connectivity index (χ0v) is 12.8. The first kappa shape index (κ1) is 13.9. The number of halogens is 1. The van der Waals surface area contributed by atoms with Crippen LogP contribution in [-0.2, 0) is 6.54 Å². The van der Waals surface area contributed by atoms with E-state index in [1.165, 1.54) is 18.4 Å². The Morgan fingerprint density at radius 1 is 1.44 bits per heavy atom. The van der Waals surface area contributed by atoms with Crippen LogP contribution in [0.3, 0.4) is 0 Å². The van der Waals surface area contributed by atoms with Crippen molar-refractivity contribution in [3.63, 3.8) is 0 Å². The van der Waals surface area contributed by atoms with E-state index in [0.717, 1.165) is 35.7 Å². The van der Waals surface area contributed by atoms with Gasteiger partial charge in [0.2, 0.25) is 0 Å². The monoisotopic (exact) mass is 311 g/mol. The summed E-state index contributed by atoms with van der Waals surface area (Å²) >= 11 is 3.60. The largest absolute Gasteiger partial charge is 0.489 e. The molecular weight excluding hydrogens is 290 g/mol. The van der Waals surface area contributed by atoms with Crippen LogP contribution in [0.2, 0.25) is 0 Å². The van der Waals surface area contributed by atoms with Crippen LogP contribution >= 0.6 is 15.9 Å². The van der Waals surface area contributed by atoms with Gasteiger partial charge >= 0.3 is 0 Å². The molecular formula is C15H22BrNO. The van der Waals surface area contributed by atoms with E-state index in [4.69, 9.17) is 4.74 Å². The molecule has 0 spiro atoms. The highest BCUT2D eigenvalue weighted by atomic mass is 79.9. The second kappa shape index (κ2) is 6.58. The number of hydrogen-bond donors (Lipinski definition) is 1. The van der Waals surface area contributed by atoms with Crippen LogP contribution in [0.4, 0.5) is 0 Å². The Kier molecular flexibility index (Phi) is 5.07. The van der Waals surface area contributed by atoms with Gasteiger partial charge in [-0.2, -0.15) is 0 Å². The number of benzene rings is 1. The molecule has 0 heterocycles. The minimum absolute atomic E-state index is 0.272. The maximum Gasteiger partial charge on any atom is 0.138 e. The Bertz CT molecular complexity index is 390. The van der Waals surface area contributed by atoms with E-state index in [1.807, 2.05) is 0 Å². The Morgan fingerprint density at radius 2 is 2.22 bits per heavy atom. The normalized spacial score (nSPS) is 16.6. The van der Waals surface area contributed by atoms with Crippen molar-refractivity contribution in [2.24, 2.45) is 0 Å². The van der Waals surface area contributed by atoms with E-state index in [9.17, 15) is 0 Å². The number of hydrogen-bond acceptors (Lipinski definition) is 2. The zero-order chi connectivity index (χ0) is 13.0. The topological polar surface area (TPSA) is 21.3 Å². The maximum absolute atomic E-state index is 6.08. The molecule has 1 atom stereocenters. The van der Waals surface area contributed by atoms with Gasteiger partial charge in [-0.25, -0.2) is 0 Å². The summed E-state index contributed by atoms with van der Waals surface area (Å²) in [5.74, 6) is 1.01. The molecule has 0 aliphatic heterocycles. The summed E-state index contributed by atoms with van der Waals surface area (Å²) in [6.45, 7) is 5.23. The van der Waals surface area contributed by atoms with Crippen molar-refractivity contribution in [2.45, 2.75) is 58.2 Å². The molecule has 1 aliphatic rings. The second-order valence-corrected chi connectivity index (χ2v) is 5.95. The lowest BCUT2D eigenvalue weighted by Gasteiger charge is -2.18. The van der Waals surface area contributed by atoms with Crippen molar-refractivity contribution in [1.82, 2.24) is 5.32 Å². The van der Waals surface area contributed by atoms with Crippen molar-refractivity contribution in [1.29, 1.82) is 0 Å². The molecule has 1 aliphatic carbocycles. The van der Waals surface area contributed by atoms with E-state index < -0.39 is 0 Å². The van der Waals surface area contributed by atoms with Gasteiger partial charge < -0.3 is 10.1 Å². The molecule has 2 rings (SSSR count). The number of rotatable bonds is 7. The molecule has 1 aromatic carbocycles. The van der Waals surface area contributed by atoms with Gasteiger partial charge in [-0.05, 0) is 48.2 Å². The highest BCUT2D eigenvalue weighted by Crippen LogP contribution is 2.31. The summed E-state index contributed by atoms with van der Waals surface area (Å²) in [5.41, 5.74) is 1.25. The Labute approximate surface area is 118 Å². The van der Waals surface area contributed by atoms with E-state index >= 15 is 0 Å². The molecule has 0 saturated heterocycles. The van der Waals surface area contributed by atoms with Crippen LogP contribution in [0, 0.1) is 0 Å². The molecule has 0 radical (unpaired) electrons. The van der Waals surface area contributed by atoms with Gasteiger partial charge in [0.05, 0.1) is 10.6 Å². The van der Waals surface area contributed by atoms with Gasteiger partial charge in [0.15, 0.2) is 0 Å². The van der Waals surface area contributed by atoms with E-state index in [2.05, 4.69) is 53.3 Å². The summed E-state index contributed by atoms with van der Waals surface area (Å²) in [4.78, 5) is 0. The molecule has 0 amide bonds. The number of ether oxygens (including phenoxy) is 1. The smallest absolute Gasteiger partial charge is 0.138 e. The lowest BCUT2D eigenvalue weighted by Crippen LogP contribution is -2.18. The molecule has 1 N–H and O–H groups in total. The van der Waals surface area contributed by atoms with E-state index in [-0.39, 0.29) is 6.10 Å². The fraction of sp³-hybridized carbons (Fsp3) is 0.600. The van der Waals surface area contributed by atoms with Crippen LogP contribution in [0.5, 0.6) is 5.75 Å².